The van der Waals surface area contributed by atoms with Crippen LogP contribution in [0.1, 0.15) is 18.9 Å². The van der Waals surface area contributed by atoms with Gasteiger partial charge in [0, 0.05) is 25.0 Å². The summed E-state index contributed by atoms with van der Waals surface area (Å²) in [6.45, 7) is 2.13. The van der Waals surface area contributed by atoms with Gasteiger partial charge < -0.3 is 9.84 Å². The summed E-state index contributed by atoms with van der Waals surface area (Å²) in [4.78, 5) is 0. The lowest BCUT2D eigenvalue weighted by Gasteiger charge is -2.25. The molecule has 0 radical (unpaired) electrons. The maximum Gasteiger partial charge on any atom is 0.233 e. The number of hydrogen-bond acceptors (Lipinski definition) is 4. The Morgan fingerprint density at radius 1 is 1.45 bits per heavy atom. The van der Waals surface area contributed by atoms with E-state index < -0.39 is 15.6 Å². The molecule has 1 aromatic carbocycles. The van der Waals surface area contributed by atoms with Gasteiger partial charge in [-0.05, 0) is 18.6 Å². The molecular formula is C14H19NO4S. The van der Waals surface area contributed by atoms with Crippen LogP contribution in [0.3, 0.4) is 0 Å². The molecule has 1 saturated heterocycles. The van der Waals surface area contributed by atoms with Crippen LogP contribution in [0.2, 0.25) is 0 Å². The SMILES string of the molecule is CC1OCCC1(O)CNS(=O)(=O)/C=C/c1ccccc1. The van der Waals surface area contributed by atoms with E-state index in [4.69, 9.17) is 4.74 Å². The van der Waals surface area contributed by atoms with Crippen molar-refractivity contribution in [3.8, 4) is 0 Å². The topological polar surface area (TPSA) is 75.6 Å². The second-order valence-electron chi connectivity index (χ2n) is 4.95. The molecule has 20 heavy (non-hydrogen) atoms. The van der Waals surface area contributed by atoms with Crippen molar-refractivity contribution in [1.29, 1.82) is 0 Å². The van der Waals surface area contributed by atoms with E-state index in [1.165, 1.54) is 6.08 Å². The van der Waals surface area contributed by atoms with Crippen LogP contribution in [0.4, 0.5) is 0 Å². The number of ether oxygens (including phenoxy) is 1. The first kappa shape index (κ1) is 15.2. The maximum atomic E-state index is 11.9. The summed E-state index contributed by atoms with van der Waals surface area (Å²) >= 11 is 0. The number of hydrogen-bond donors (Lipinski definition) is 2. The Morgan fingerprint density at radius 2 is 2.15 bits per heavy atom. The molecule has 0 saturated carbocycles. The molecule has 2 N–H and O–H groups in total. The second-order valence-corrected chi connectivity index (χ2v) is 6.60. The van der Waals surface area contributed by atoms with Crippen molar-refractivity contribution < 1.29 is 18.3 Å². The zero-order valence-electron chi connectivity index (χ0n) is 11.3. The predicted octanol–water partition coefficient (Wildman–Crippen LogP) is 1.12. The van der Waals surface area contributed by atoms with Crippen molar-refractivity contribution in [1.82, 2.24) is 4.72 Å². The molecule has 2 atom stereocenters. The fourth-order valence-corrected chi connectivity index (χ4v) is 2.89. The first-order chi connectivity index (χ1) is 9.41. The predicted molar refractivity (Wildman–Crippen MR) is 77.4 cm³/mol. The molecule has 1 aromatic rings. The van der Waals surface area contributed by atoms with Gasteiger partial charge in [-0.25, -0.2) is 13.1 Å². The Hall–Kier alpha value is -1.21. The highest BCUT2D eigenvalue weighted by atomic mass is 32.2. The summed E-state index contributed by atoms with van der Waals surface area (Å²) < 4.78 is 31.4. The van der Waals surface area contributed by atoms with Gasteiger partial charge in [0.15, 0.2) is 0 Å². The zero-order valence-corrected chi connectivity index (χ0v) is 12.1. The molecule has 1 aliphatic heterocycles. The lowest BCUT2D eigenvalue weighted by molar-refractivity contribution is -0.0227. The Morgan fingerprint density at radius 3 is 2.75 bits per heavy atom. The van der Waals surface area contributed by atoms with Crippen LogP contribution in [0.5, 0.6) is 0 Å². The standard InChI is InChI=1S/C14H19NO4S/c1-12-14(16,8-9-19-12)11-15-20(17,18)10-7-13-5-3-2-4-6-13/h2-7,10,12,15-16H,8-9,11H2,1H3/b10-7+. The minimum Gasteiger partial charge on any atom is -0.386 e. The summed E-state index contributed by atoms with van der Waals surface area (Å²) in [6.07, 6.45) is 1.57. The van der Waals surface area contributed by atoms with Gasteiger partial charge in [0.05, 0.1) is 6.10 Å². The summed E-state index contributed by atoms with van der Waals surface area (Å²) in [5.41, 5.74) is -0.331. The largest absolute Gasteiger partial charge is 0.386 e. The van der Waals surface area contributed by atoms with Gasteiger partial charge in [0.1, 0.15) is 5.60 Å². The number of aliphatic hydroxyl groups is 1. The van der Waals surface area contributed by atoms with E-state index in [2.05, 4.69) is 4.72 Å². The molecule has 0 amide bonds. The molecule has 2 rings (SSSR count). The Bertz CT molecular complexity index is 570. The molecule has 0 aromatic heterocycles. The molecule has 6 heteroatoms. The highest BCUT2D eigenvalue weighted by Gasteiger charge is 2.39. The molecule has 5 nitrogen and oxygen atoms in total. The summed E-state index contributed by atoms with van der Waals surface area (Å²) in [6, 6.07) is 9.15. The molecule has 2 unspecified atom stereocenters. The highest BCUT2D eigenvalue weighted by Crippen LogP contribution is 2.24. The van der Waals surface area contributed by atoms with Crippen molar-refractivity contribution in [2.75, 3.05) is 13.2 Å². The van der Waals surface area contributed by atoms with Gasteiger partial charge in [0.2, 0.25) is 10.0 Å². The van der Waals surface area contributed by atoms with Crippen LogP contribution >= 0.6 is 0 Å². The average molecular weight is 297 g/mol. The van der Waals surface area contributed by atoms with E-state index in [1.807, 2.05) is 30.3 Å². The van der Waals surface area contributed by atoms with Gasteiger partial charge in [-0.1, -0.05) is 30.3 Å². The van der Waals surface area contributed by atoms with E-state index in [0.29, 0.717) is 13.0 Å². The first-order valence-corrected chi connectivity index (χ1v) is 8.03. The van der Waals surface area contributed by atoms with Gasteiger partial charge in [-0.2, -0.15) is 0 Å². The van der Waals surface area contributed by atoms with Gasteiger partial charge in [0.25, 0.3) is 0 Å². The summed E-state index contributed by atoms with van der Waals surface area (Å²) in [7, 11) is -3.57. The molecule has 1 aliphatic rings. The minimum atomic E-state index is -3.57. The van der Waals surface area contributed by atoms with Crippen LogP contribution < -0.4 is 4.72 Å². The molecule has 0 aliphatic carbocycles. The summed E-state index contributed by atoms with van der Waals surface area (Å²) in [5.74, 6) is 0. The summed E-state index contributed by atoms with van der Waals surface area (Å²) in [5, 5.41) is 11.3. The van der Waals surface area contributed by atoms with Crippen LogP contribution in [0.25, 0.3) is 6.08 Å². The molecular weight excluding hydrogens is 278 g/mol. The first-order valence-electron chi connectivity index (χ1n) is 6.48. The van der Waals surface area contributed by atoms with Crippen molar-refractivity contribution >= 4 is 16.1 Å². The molecule has 1 heterocycles. The zero-order chi connectivity index (χ0) is 14.6. The third-order valence-electron chi connectivity index (χ3n) is 3.48. The van der Waals surface area contributed by atoms with E-state index in [1.54, 1.807) is 6.92 Å². The van der Waals surface area contributed by atoms with Crippen LogP contribution in [0, 0.1) is 0 Å². The smallest absolute Gasteiger partial charge is 0.233 e. The monoisotopic (exact) mass is 297 g/mol. The fourth-order valence-electron chi connectivity index (χ4n) is 2.01. The maximum absolute atomic E-state index is 11.9. The highest BCUT2D eigenvalue weighted by molar-refractivity contribution is 7.92. The minimum absolute atomic E-state index is 0.0460. The number of nitrogens with one attached hydrogen (secondary N) is 1. The van der Waals surface area contributed by atoms with Crippen molar-refractivity contribution in [2.24, 2.45) is 0 Å². The van der Waals surface area contributed by atoms with Crippen molar-refractivity contribution in [3.05, 3.63) is 41.3 Å². The van der Waals surface area contributed by atoms with E-state index in [9.17, 15) is 13.5 Å². The molecule has 0 spiro atoms. The quantitative estimate of drug-likeness (QED) is 0.854. The lowest BCUT2D eigenvalue weighted by Crippen LogP contribution is -2.47. The number of sulfonamides is 1. The Labute approximate surface area is 119 Å². The molecule has 110 valence electrons. The van der Waals surface area contributed by atoms with Gasteiger partial charge >= 0.3 is 0 Å². The van der Waals surface area contributed by atoms with Crippen molar-refractivity contribution in [3.63, 3.8) is 0 Å². The fraction of sp³-hybridized carbons (Fsp3) is 0.429. The second kappa shape index (κ2) is 6.05. The lowest BCUT2D eigenvalue weighted by atomic mass is 9.97. The average Bonchev–Trinajstić information content (AvgIpc) is 2.77. The van der Waals surface area contributed by atoms with Crippen molar-refractivity contribution in [2.45, 2.75) is 25.0 Å². The van der Waals surface area contributed by atoms with Gasteiger partial charge in [-0.15, -0.1) is 0 Å². The van der Waals surface area contributed by atoms with Crippen LogP contribution in [0.15, 0.2) is 35.7 Å². The molecule has 0 bridgehead atoms. The Balaban J connectivity index is 1.96. The van der Waals surface area contributed by atoms with Crippen LogP contribution in [-0.2, 0) is 14.8 Å². The van der Waals surface area contributed by atoms with Gasteiger partial charge in [-0.3, -0.25) is 0 Å². The number of benzene rings is 1. The van der Waals surface area contributed by atoms with E-state index in [-0.39, 0.29) is 12.6 Å². The van der Waals surface area contributed by atoms with Crippen LogP contribution in [-0.4, -0.2) is 38.4 Å². The third kappa shape index (κ3) is 3.89. The van der Waals surface area contributed by atoms with E-state index >= 15 is 0 Å². The number of rotatable bonds is 5. The normalized spacial score (nSPS) is 27.2. The Kier molecular flexibility index (Phi) is 4.59. The molecule has 1 fully saturated rings. The third-order valence-corrected chi connectivity index (χ3v) is 4.52. The van der Waals surface area contributed by atoms with E-state index in [0.717, 1.165) is 11.0 Å².